The van der Waals surface area contributed by atoms with Gasteiger partial charge in [0.05, 0.1) is 12.2 Å². The molecule has 0 atom stereocenters. The number of anilines is 2. The van der Waals surface area contributed by atoms with Gasteiger partial charge < -0.3 is 35.8 Å². The van der Waals surface area contributed by atoms with Crippen LogP contribution in [0.1, 0.15) is 6.92 Å². The number of aromatic nitrogens is 2. The molecule has 1 heterocycles. The molecule has 0 spiro atoms. The molecule has 1 aromatic heterocycles. The number of nitrogens with one attached hydrogen (secondary N) is 2. The van der Waals surface area contributed by atoms with Crippen molar-refractivity contribution in [3.8, 4) is 39.8 Å². The Labute approximate surface area is 176 Å². The molecule has 2 aromatic carbocycles. The Balaban J connectivity index is 2.07. The first-order chi connectivity index (χ1) is 14.8. The molecule has 162 valence electrons. The first kappa shape index (κ1) is 21.5. The molecule has 0 fully saturated rings. The zero-order chi connectivity index (χ0) is 22.5. The van der Waals surface area contributed by atoms with E-state index in [2.05, 4.69) is 15.4 Å². The van der Waals surface area contributed by atoms with Gasteiger partial charge in [-0.05, 0) is 42.3 Å². The summed E-state index contributed by atoms with van der Waals surface area (Å²) in [7, 11) is 0. The van der Waals surface area contributed by atoms with Crippen molar-refractivity contribution >= 4 is 17.5 Å². The summed E-state index contributed by atoms with van der Waals surface area (Å²) in [6, 6.07) is 9.50. The predicted molar refractivity (Wildman–Crippen MR) is 114 cm³/mol. The number of nitrogens with two attached hydrogens (primary N) is 2. The van der Waals surface area contributed by atoms with E-state index in [1.165, 1.54) is 12.1 Å². The zero-order valence-corrected chi connectivity index (χ0v) is 16.5. The minimum atomic E-state index is -1.13. The zero-order valence-electron chi connectivity index (χ0n) is 16.5. The third-order valence-corrected chi connectivity index (χ3v) is 4.22. The highest BCUT2D eigenvalue weighted by Gasteiger charge is 2.15. The van der Waals surface area contributed by atoms with Crippen LogP contribution < -0.4 is 32.0 Å². The van der Waals surface area contributed by atoms with Crippen molar-refractivity contribution in [1.29, 1.82) is 0 Å². The summed E-state index contributed by atoms with van der Waals surface area (Å²) in [6.45, 7) is 1.60. The molecular weight excluding hydrogens is 406 g/mol. The number of phenols is 1. The number of phenolic OH excluding ortho intramolecular Hbond substituents is 1. The molecule has 8 N–H and O–H groups in total. The Hall–Kier alpha value is -4.25. The number of aromatic amines is 1. The number of nitrogen functional groups attached to an aromatic ring is 2. The summed E-state index contributed by atoms with van der Waals surface area (Å²) in [4.78, 5) is 29.6. The highest BCUT2D eigenvalue weighted by molar-refractivity contribution is 5.76. The molecule has 31 heavy (non-hydrogen) atoms. The Bertz CT molecular complexity index is 1180. The van der Waals surface area contributed by atoms with Gasteiger partial charge in [-0.3, -0.25) is 4.79 Å². The van der Waals surface area contributed by atoms with E-state index in [1.54, 1.807) is 31.2 Å². The highest BCUT2D eigenvalue weighted by atomic mass is 16.5. The largest absolute Gasteiger partial charge is 0.508 e. The Morgan fingerprint density at radius 1 is 1.19 bits per heavy atom. The standard InChI is InChI=1S/C20H21N5O6/c1-2-30-15-7-10(11-5-12(26)8-13(6-11)31-9-16(27)28)3-4-14(15)18-23-19(25-22)17(21)20(29)24-18/h3-8,26H,2,9,21-22H2,1H3,(H,27,28)(H2,23,24,25,29). The van der Waals surface area contributed by atoms with Crippen molar-refractivity contribution in [3.05, 3.63) is 46.8 Å². The van der Waals surface area contributed by atoms with E-state index in [4.69, 9.17) is 26.2 Å². The van der Waals surface area contributed by atoms with Gasteiger partial charge in [0.2, 0.25) is 0 Å². The lowest BCUT2D eigenvalue weighted by Crippen LogP contribution is -2.20. The van der Waals surface area contributed by atoms with Gasteiger partial charge in [-0.1, -0.05) is 6.07 Å². The van der Waals surface area contributed by atoms with E-state index in [0.29, 0.717) is 29.0 Å². The number of aliphatic carboxylic acids is 1. The van der Waals surface area contributed by atoms with E-state index >= 15 is 0 Å². The molecule has 3 rings (SSSR count). The van der Waals surface area contributed by atoms with Crippen LogP contribution in [0.5, 0.6) is 17.2 Å². The number of rotatable bonds is 8. The molecule has 0 aliphatic carbocycles. The molecule has 0 aliphatic heterocycles. The van der Waals surface area contributed by atoms with Crippen LogP contribution in [0, 0.1) is 0 Å². The fourth-order valence-electron chi connectivity index (χ4n) is 2.87. The number of hydrazine groups is 1. The summed E-state index contributed by atoms with van der Waals surface area (Å²) in [5.41, 5.74) is 8.95. The van der Waals surface area contributed by atoms with Crippen LogP contribution in [-0.2, 0) is 4.79 Å². The van der Waals surface area contributed by atoms with Gasteiger partial charge in [0.15, 0.2) is 12.4 Å². The monoisotopic (exact) mass is 427 g/mol. The molecule has 3 aromatic rings. The maximum atomic E-state index is 12.1. The molecule has 0 amide bonds. The maximum absolute atomic E-state index is 12.1. The minimum absolute atomic E-state index is 0.0264. The third kappa shape index (κ3) is 4.85. The van der Waals surface area contributed by atoms with Crippen LogP contribution in [0.2, 0.25) is 0 Å². The minimum Gasteiger partial charge on any atom is -0.508 e. The van der Waals surface area contributed by atoms with Gasteiger partial charge in [0.25, 0.3) is 5.56 Å². The van der Waals surface area contributed by atoms with E-state index in [1.807, 2.05) is 0 Å². The summed E-state index contributed by atoms with van der Waals surface area (Å²) >= 11 is 0. The molecule has 11 nitrogen and oxygen atoms in total. The second-order valence-corrected chi connectivity index (χ2v) is 6.36. The van der Waals surface area contributed by atoms with E-state index in [0.717, 1.165) is 0 Å². The van der Waals surface area contributed by atoms with Crippen LogP contribution in [0.3, 0.4) is 0 Å². The fourth-order valence-corrected chi connectivity index (χ4v) is 2.87. The molecule has 0 bridgehead atoms. The predicted octanol–water partition coefficient (Wildman–Crippen LogP) is 1.54. The molecule has 11 heteroatoms. The first-order valence-electron chi connectivity index (χ1n) is 9.15. The van der Waals surface area contributed by atoms with Gasteiger partial charge in [-0.25, -0.2) is 15.6 Å². The fraction of sp³-hybridized carbons (Fsp3) is 0.150. The van der Waals surface area contributed by atoms with Crippen molar-refractivity contribution < 1.29 is 24.5 Å². The third-order valence-electron chi connectivity index (χ3n) is 4.22. The second kappa shape index (κ2) is 9.05. The average molecular weight is 427 g/mol. The van der Waals surface area contributed by atoms with Gasteiger partial charge >= 0.3 is 5.97 Å². The van der Waals surface area contributed by atoms with Crippen LogP contribution in [-0.4, -0.2) is 39.4 Å². The van der Waals surface area contributed by atoms with E-state index in [-0.39, 0.29) is 28.8 Å². The lowest BCUT2D eigenvalue weighted by atomic mass is 10.0. The second-order valence-electron chi connectivity index (χ2n) is 6.36. The maximum Gasteiger partial charge on any atom is 0.341 e. The molecule has 0 unspecified atom stereocenters. The highest BCUT2D eigenvalue weighted by Crippen LogP contribution is 2.35. The van der Waals surface area contributed by atoms with Crippen LogP contribution in [0.25, 0.3) is 22.5 Å². The number of benzene rings is 2. The van der Waals surface area contributed by atoms with Crippen molar-refractivity contribution in [3.63, 3.8) is 0 Å². The van der Waals surface area contributed by atoms with Crippen molar-refractivity contribution in [1.82, 2.24) is 9.97 Å². The van der Waals surface area contributed by atoms with Gasteiger partial charge in [-0.15, -0.1) is 0 Å². The Morgan fingerprint density at radius 2 is 1.97 bits per heavy atom. The van der Waals surface area contributed by atoms with Crippen molar-refractivity contribution in [2.24, 2.45) is 5.84 Å². The number of ether oxygens (including phenoxy) is 2. The van der Waals surface area contributed by atoms with Crippen molar-refractivity contribution in [2.75, 3.05) is 24.4 Å². The molecular formula is C20H21N5O6. The van der Waals surface area contributed by atoms with Gasteiger partial charge in [-0.2, -0.15) is 0 Å². The number of carboxylic acid groups (broad SMARTS) is 1. The van der Waals surface area contributed by atoms with Gasteiger partial charge in [0.1, 0.15) is 28.8 Å². The number of hydrogen-bond donors (Lipinski definition) is 6. The SMILES string of the molecule is CCOc1cc(-c2cc(O)cc(OCC(=O)O)c2)ccc1-c1nc(NN)c(N)c(=O)[nH]1. The van der Waals surface area contributed by atoms with E-state index in [9.17, 15) is 14.7 Å². The van der Waals surface area contributed by atoms with Crippen molar-refractivity contribution in [2.45, 2.75) is 6.92 Å². The topological polar surface area (TPSA) is 186 Å². The number of H-pyrrole nitrogens is 1. The normalized spacial score (nSPS) is 10.5. The molecule has 0 aliphatic rings. The number of carboxylic acids is 1. The van der Waals surface area contributed by atoms with Crippen LogP contribution in [0.4, 0.5) is 11.5 Å². The molecule has 0 saturated heterocycles. The molecule has 0 radical (unpaired) electrons. The van der Waals surface area contributed by atoms with Gasteiger partial charge in [0, 0.05) is 6.07 Å². The number of hydrogen-bond acceptors (Lipinski definition) is 9. The lowest BCUT2D eigenvalue weighted by molar-refractivity contribution is -0.139. The lowest BCUT2D eigenvalue weighted by Gasteiger charge is -2.14. The average Bonchev–Trinajstić information content (AvgIpc) is 2.74. The van der Waals surface area contributed by atoms with E-state index < -0.39 is 18.1 Å². The number of nitrogens with zero attached hydrogens (tertiary/aromatic N) is 1. The summed E-state index contributed by atoms with van der Waals surface area (Å²) in [5, 5.41) is 18.8. The van der Waals surface area contributed by atoms with Crippen LogP contribution in [0.15, 0.2) is 41.2 Å². The number of carbonyl (C=O) groups is 1. The summed E-state index contributed by atoms with van der Waals surface area (Å²) in [5.74, 6) is 4.99. The first-order valence-corrected chi connectivity index (χ1v) is 9.15. The number of aromatic hydroxyl groups is 1. The molecule has 0 saturated carbocycles. The quantitative estimate of drug-likeness (QED) is 0.227. The summed E-state index contributed by atoms with van der Waals surface area (Å²) in [6.07, 6.45) is 0. The Morgan fingerprint density at radius 3 is 2.65 bits per heavy atom. The smallest absolute Gasteiger partial charge is 0.341 e. The van der Waals surface area contributed by atoms with Crippen LogP contribution >= 0.6 is 0 Å². The summed E-state index contributed by atoms with van der Waals surface area (Å²) < 4.78 is 10.9. The Kier molecular flexibility index (Phi) is 6.26.